The van der Waals surface area contributed by atoms with Crippen molar-refractivity contribution >= 4 is 29.7 Å². The van der Waals surface area contributed by atoms with Gasteiger partial charge in [-0.2, -0.15) is 5.10 Å². The quantitative estimate of drug-likeness (QED) is 0.381. The van der Waals surface area contributed by atoms with Gasteiger partial charge in [0.25, 0.3) is 0 Å². The van der Waals surface area contributed by atoms with Gasteiger partial charge < -0.3 is 14.8 Å². The van der Waals surface area contributed by atoms with Gasteiger partial charge in [-0.1, -0.05) is 12.1 Å². The minimum atomic E-state index is -0.500. The van der Waals surface area contributed by atoms with Crippen LogP contribution in [0.2, 0.25) is 0 Å². The van der Waals surface area contributed by atoms with Crippen LogP contribution in [-0.4, -0.2) is 37.7 Å². The fourth-order valence-corrected chi connectivity index (χ4v) is 2.10. The molecule has 0 radical (unpaired) electrons. The van der Waals surface area contributed by atoms with E-state index in [4.69, 9.17) is 4.74 Å². The topological polar surface area (TPSA) is 106 Å². The molecule has 0 unspecified atom stereocenters. The van der Waals surface area contributed by atoms with Crippen molar-refractivity contribution in [3.63, 3.8) is 0 Å². The van der Waals surface area contributed by atoms with Crippen LogP contribution in [0, 0.1) is 5.82 Å². The van der Waals surface area contributed by atoms with Crippen molar-refractivity contribution in [3.8, 4) is 5.75 Å². The van der Waals surface area contributed by atoms with Crippen LogP contribution in [0.15, 0.2) is 53.6 Å². The molecule has 2 amide bonds. The van der Waals surface area contributed by atoms with Crippen LogP contribution in [0.4, 0.5) is 10.1 Å². The Morgan fingerprint density at radius 3 is 2.52 bits per heavy atom. The number of hydrogen-bond donors (Lipinski definition) is 2. The minimum Gasteiger partial charge on any atom is -0.482 e. The third-order valence-electron chi connectivity index (χ3n) is 3.55. The van der Waals surface area contributed by atoms with E-state index in [2.05, 4.69) is 20.6 Å². The van der Waals surface area contributed by atoms with Crippen molar-refractivity contribution in [2.45, 2.75) is 12.8 Å². The molecule has 9 heteroatoms. The van der Waals surface area contributed by atoms with Gasteiger partial charge in [-0.25, -0.2) is 14.6 Å². The first-order valence-corrected chi connectivity index (χ1v) is 8.63. The van der Waals surface area contributed by atoms with Crippen molar-refractivity contribution < 1.29 is 28.2 Å². The number of ether oxygens (including phenoxy) is 2. The van der Waals surface area contributed by atoms with Gasteiger partial charge >= 0.3 is 5.97 Å². The molecule has 8 nitrogen and oxygen atoms in total. The predicted molar refractivity (Wildman–Crippen MR) is 104 cm³/mol. The molecule has 2 rings (SSSR count). The van der Waals surface area contributed by atoms with Crippen LogP contribution in [0.25, 0.3) is 0 Å². The summed E-state index contributed by atoms with van der Waals surface area (Å²) in [5, 5.41) is 6.39. The molecule has 0 aliphatic heterocycles. The molecule has 2 aromatic rings. The molecule has 0 aliphatic carbocycles. The smallest absolute Gasteiger partial charge is 0.343 e. The summed E-state index contributed by atoms with van der Waals surface area (Å²) in [5.74, 6) is -1.26. The Balaban J connectivity index is 1.74. The first-order valence-electron chi connectivity index (χ1n) is 8.63. The van der Waals surface area contributed by atoms with Gasteiger partial charge in [0.05, 0.1) is 13.3 Å². The summed E-state index contributed by atoms with van der Waals surface area (Å²) in [6, 6.07) is 12.1. The van der Waals surface area contributed by atoms with Gasteiger partial charge in [0.15, 0.2) is 6.61 Å². The molecule has 0 heterocycles. The Morgan fingerprint density at radius 1 is 1.07 bits per heavy atom. The van der Waals surface area contributed by atoms with E-state index < -0.39 is 17.7 Å². The van der Waals surface area contributed by atoms with Gasteiger partial charge in [0.1, 0.15) is 11.6 Å². The van der Waals surface area contributed by atoms with E-state index in [1.165, 1.54) is 37.6 Å². The van der Waals surface area contributed by atoms with Crippen LogP contribution in [0.5, 0.6) is 5.75 Å². The van der Waals surface area contributed by atoms with Crippen LogP contribution < -0.4 is 15.5 Å². The number of benzene rings is 2. The highest BCUT2D eigenvalue weighted by molar-refractivity contribution is 5.93. The summed E-state index contributed by atoms with van der Waals surface area (Å²) in [4.78, 5) is 34.7. The Kier molecular flexibility index (Phi) is 8.30. The van der Waals surface area contributed by atoms with E-state index >= 15 is 0 Å². The maximum absolute atomic E-state index is 12.8. The standard InChI is InChI=1S/C20H20FN3O5/c1-28-20(27)13-29-17-4-2-3-14(11-17)12-22-24-19(26)10-9-18(25)23-16-7-5-15(21)6-8-16/h2-8,11-12H,9-10,13H2,1H3,(H,23,25)(H,24,26). The zero-order chi connectivity index (χ0) is 21.1. The number of anilines is 1. The molecular weight excluding hydrogens is 381 g/mol. The number of nitrogens with one attached hydrogen (secondary N) is 2. The number of carbonyl (C=O) groups excluding carboxylic acids is 3. The summed E-state index contributed by atoms with van der Waals surface area (Å²) in [7, 11) is 1.27. The van der Waals surface area contributed by atoms with Crippen LogP contribution in [0.3, 0.4) is 0 Å². The zero-order valence-electron chi connectivity index (χ0n) is 15.7. The monoisotopic (exact) mass is 401 g/mol. The molecule has 152 valence electrons. The average Bonchev–Trinajstić information content (AvgIpc) is 2.72. The first-order chi connectivity index (χ1) is 14.0. The molecule has 2 aromatic carbocycles. The number of nitrogens with zero attached hydrogens (tertiary/aromatic N) is 1. The molecule has 0 saturated carbocycles. The zero-order valence-corrected chi connectivity index (χ0v) is 15.7. The van der Waals surface area contributed by atoms with Gasteiger partial charge in [0.2, 0.25) is 11.8 Å². The van der Waals surface area contributed by atoms with Gasteiger partial charge in [-0.3, -0.25) is 9.59 Å². The Labute approximate surface area is 166 Å². The highest BCUT2D eigenvalue weighted by Gasteiger charge is 2.07. The molecular formula is C20H20FN3O5. The van der Waals surface area contributed by atoms with E-state index in [-0.39, 0.29) is 25.4 Å². The van der Waals surface area contributed by atoms with Crippen LogP contribution in [-0.2, 0) is 19.1 Å². The second-order valence-electron chi connectivity index (χ2n) is 5.79. The van der Waals surface area contributed by atoms with E-state index in [0.29, 0.717) is 17.0 Å². The lowest BCUT2D eigenvalue weighted by Crippen LogP contribution is -2.20. The molecule has 29 heavy (non-hydrogen) atoms. The molecule has 0 spiro atoms. The first kappa shape index (κ1) is 21.5. The van der Waals surface area contributed by atoms with Gasteiger partial charge in [-0.15, -0.1) is 0 Å². The predicted octanol–water partition coefficient (Wildman–Crippen LogP) is 2.25. The lowest BCUT2D eigenvalue weighted by molar-refractivity contribution is -0.142. The average molecular weight is 401 g/mol. The molecule has 0 aromatic heterocycles. The third kappa shape index (κ3) is 8.21. The van der Waals surface area contributed by atoms with E-state index in [1.807, 2.05) is 0 Å². The van der Waals surface area contributed by atoms with E-state index in [1.54, 1.807) is 24.3 Å². The van der Waals surface area contributed by atoms with E-state index in [0.717, 1.165) is 0 Å². The Hall–Kier alpha value is -3.75. The van der Waals surface area contributed by atoms with Crippen molar-refractivity contribution in [2.75, 3.05) is 19.0 Å². The van der Waals surface area contributed by atoms with Crippen LogP contribution in [0.1, 0.15) is 18.4 Å². The van der Waals surface area contributed by atoms with Crippen molar-refractivity contribution in [1.29, 1.82) is 0 Å². The normalized spacial score (nSPS) is 10.4. The lowest BCUT2D eigenvalue weighted by Gasteiger charge is -2.05. The fraction of sp³-hybridized carbons (Fsp3) is 0.200. The van der Waals surface area contributed by atoms with Gasteiger partial charge in [-0.05, 0) is 42.0 Å². The van der Waals surface area contributed by atoms with Gasteiger partial charge in [0, 0.05) is 18.5 Å². The fourth-order valence-electron chi connectivity index (χ4n) is 2.10. The highest BCUT2D eigenvalue weighted by Crippen LogP contribution is 2.12. The molecule has 2 N–H and O–H groups in total. The maximum Gasteiger partial charge on any atom is 0.343 e. The third-order valence-corrected chi connectivity index (χ3v) is 3.55. The summed E-state index contributed by atoms with van der Waals surface area (Å²) in [6.07, 6.45) is 1.30. The number of halogens is 1. The Morgan fingerprint density at radius 2 is 1.79 bits per heavy atom. The number of hydrazone groups is 1. The second-order valence-corrected chi connectivity index (χ2v) is 5.79. The van der Waals surface area contributed by atoms with Crippen molar-refractivity contribution in [3.05, 3.63) is 59.9 Å². The summed E-state index contributed by atoms with van der Waals surface area (Å²) in [6.45, 7) is -0.214. The Bertz CT molecular complexity index is 884. The molecule has 0 aliphatic rings. The molecule has 0 bridgehead atoms. The number of hydrogen-bond acceptors (Lipinski definition) is 6. The number of methoxy groups -OCH3 is 1. The number of rotatable bonds is 9. The summed E-state index contributed by atoms with van der Waals surface area (Å²) < 4.78 is 22.6. The maximum atomic E-state index is 12.8. The number of esters is 1. The SMILES string of the molecule is COC(=O)COc1cccc(C=NNC(=O)CCC(=O)Nc2ccc(F)cc2)c1. The van der Waals surface area contributed by atoms with Crippen molar-refractivity contribution in [2.24, 2.45) is 5.10 Å². The second kappa shape index (κ2) is 11.2. The number of amides is 2. The largest absolute Gasteiger partial charge is 0.482 e. The molecule has 0 saturated heterocycles. The van der Waals surface area contributed by atoms with Crippen LogP contribution >= 0.6 is 0 Å². The molecule has 0 atom stereocenters. The van der Waals surface area contributed by atoms with Crippen molar-refractivity contribution in [1.82, 2.24) is 5.43 Å². The summed E-state index contributed by atoms with van der Waals surface area (Å²) in [5.41, 5.74) is 3.41. The molecule has 0 fully saturated rings. The highest BCUT2D eigenvalue weighted by atomic mass is 19.1. The van der Waals surface area contributed by atoms with E-state index in [9.17, 15) is 18.8 Å². The lowest BCUT2D eigenvalue weighted by atomic mass is 10.2. The summed E-state index contributed by atoms with van der Waals surface area (Å²) >= 11 is 0. The number of carbonyl (C=O) groups is 3. The minimum absolute atomic E-state index is 0.0460.